The number of methoxy groups -OCH3 is 1. The van der Waals surface area contributed by atoms with E-state index in [4.69, 9.17) is 9.73 Å². The van der Waals surface area contributed by atoms with E-state index in [1.807, 2.05) is 53.6 Å². The Hall–Kier alpha value is -3.32. The normalized spacial score (nSPS) is 21.0. The van der Waals surface area contributed by atoms with Gasteiger partial charge >= 0.3 is 5.97 Å². The van der Waals surface area contributed by atoms with Crippen molar-refractivity contribution in [1.29, 1.82) is 0 Å². The van der Waals surface area contributed by atoms with E-state index >= 15 is 0 Å². The molecule has 2 aromatic rings. The minimum absolute atomic E-state index is 0.0266. The van der Waals surface area contributed by atoms with E-state index in [1.165, 1.54) is 30.0 Å². The number of fused-ring (bicyclic) bond motifs is 2. The zero-order valence-corrected chi connectivity index (χ0v) is 20.8. The highest BCUT2D eigenvalue weighted by Gasteiger charge is 2.41. The van der Waals surface area contributed by atoms with E-state index < -0.39 is 12.0 Å². The van der Waals surface area contributed by atoms with Crippen LogP contribution in [0.15, 0.2) is 82.0 Å². The highest BCUT2D eigenvalue weighted by Crippen LogP contribution is 2.45. The molecule has 2 heterocycles. The van der Waals surface area contributed by atoms with E-state index in [9.17, 15) is 9.59 Å². The topological polar surface area (TPSA) is 71.0 Å². The first kappa shape index (κ1) is 23.4. The van der Waals surface area contributed by atoms with Crippen LogP contribution in [0.5, 0.6) is 0 Å². The van der Waals surface area contributed by atoms with E-state index in [1.54, 1.807) is 0 Å². The first-order valence-electron chi connectivity index (χ1n) is 12.1. The maximum Gasteiger partial charge on any atom is 0.338 e. The Bertz CT molecular complexity index is 1240. The molecular weight excluding hydrogens is 458 g/mol. The Morgan fingerprint density at radius 1 is 1.14 bits per heavy atom. The molecule has 2 atom stereocenters. The van der Waals surface area contributed by atoms with Gasteiger partial charge in [-0.15, -0.1) is 0 Å². The summed E-state index contributed by atoms with van der Waals surface area (Å²) >= 11 is 1.50. The number of rotatable bonds is 6. The van der Waals surface area contributed by atoms with Gasteiger partial charge in [0.05, 0.1) is 36.9 Å². The standard InChI is InChI=1S/C28H29N3O3S/c1-3-22-25(27(33)34-2)26(19-11-5-4-6-12-19)31-20(17-35-28(31)30-22)16-24(32)29-23-15-9-13-18-10-7-8-14-21(18)23/h4-8,10-12,14,17,23,26H,3,9,13,15-16H2,1-2H3,(H,29,32)/t23-,26+/m0/s1. The summed E-state index contributed by atoms with van der Waals surface area (Å²) in [4.78, 5) is 33.0. The van der Waals surface area contributed by atoms with Gasteiger partial charge in [-0.3, -0.25) is 4.79 Å². The molecule has 3 aliphatic rings. The number of nitrogens with zero attached hydrogens (tertiary/aromatic N) is 2. The highest BCUT2D eigenvalue weighted by molar-refractivity contribution is 8.16. The number of aliphatic imine (C=N–C) groups is 1. The first-order valence-corrected chi connectivity index (χ1v) is 13.0. The molecule has 2 aliphatic heterocycles. The summed E-state index contributed by atoms with van der Waals surface area (Å²) in [5.74, 6) is -0.422. The maximum atomic E-state index is 13.3. The molecule has 2 aromatic carbocycles. The smallest absolute Gasteiger partial charge is 0.338 e. The number of carbonyl (C=O) groups excluding carboxylic acids is 2. The number of amides is 1. The molecule has 1 amide bonds. The SMILES string of the molecule is CCC1=C(C(=O)OC)[C@@H](c2ccccc2)N2C(CC(=O)N[C@H]3CCCc4ccccc43)=CSC2=N1. The predicted molar refractivity (Wildman–Crippen MR) is 138 cm³/mol. The van der Waals surface area contributed by atoms with Gasteiger partial charge in [-0.05, 0) is 47.8 Å². The van der Waals surface area contributed by atoms with Crippen molar-refractivity contribution in [3.05, 3.63) is 93.7 Å². The summed E-state index contributed by atoms with van der Waals surface area (Å²) in [7, 11) is 1.40. The van der Waals surface area contributed by atoms with Gasteiger partial charge in [0.25, 0.3) is 0 Å². The zero-order valence-electron chi connectivity index (χ0n) is 20.0. The largest absolute Gasteiger partial charge is 0.466 e. The molecular formula is C28H29N3O3S. The van der Waals surface area contributed by atoms with Crippen LogP contribution in [0.25, 0.3) is 0 Å². The predicted octanol–water partition coefficient (Wildman–Crippen LogP) is 5.41. The summed E-state index contributed by atoms with van der Waals surface area (Å²) in [6, 6.07) is 17.9. The number of nitrogens with one attached hydrogen (secondary N) is 1. The Morgan fingerprint density at radius 2 is 1.91 bits per heavy atom. The monoisotopic (exact) mass is 487 g/mol. The van der Waals surface area contributed by atoms with Gasteiger partial charge in [-0.2, -0.15) is 0 Å². The van der Waals surface area contributed by atoms with Crippen LogP contribution >= 0.6 is 11.8 Å². The summed E-state index contributed by atoms with van der Waals surface area (Å²) in [5, 5.41) is 6.03. The van der Waals surface area contributed by atoms with Crippen molar-refractivity contribution in [2.24, 2.45) is 4.99 Å². The quantitative estimate of drug-likeness (QED) is 0.552. The molecule has 0 unspecified atom stereocenters. The van der Waals surface area contributed by atoms with Gasteiger partial charge in [0.15, 0.2) is 5.17 Å². The van der Waals surface area contributed by atoms with Crippen molar-refractivity contribution in [1.82, 2.24) is 10.2 Å². The maximum absolute atomic E-state index is 13.3. The fourth-order valence-electron chi connectivity index (χ4n) is 5.18. The lowest BCUT2D eigenvalue weighted by Gasteiger charge is -2.36. The Balaban J connectivity index is 1.42. The lowest BCUT2D eigenvalue weighted by Crippen LogP contribution is -2.38. The van der Waals surface area contributed by atoms with Crippen LogP contribution in [-0.4, -0.2) is 29.1 Å². The Labute approximate surface area is 210 Å². The molecule has 6 nitrogen and oxygen atoms in total. The third-order valence-corrected chi connectivity index (χ3v) is 7.68. The molecule has 1 N–H and O–H groups in total. The number of hydrogen-bond acceptors (Lipinski definition) is 6. The average Bonchev–Trinajstić information content (AvgIpc) is 3.29. The van der Waals surface area contributed by atoms with E-state index in [2.05, 4.69) is 23.5 Å². The summed E-state index contributed by atoms with van der Waals surface area (Å²) in [5.41, 5.74) is 5.58. The Kier molecular flexibility index (Phi) is 6.77. The average molecular weight is 488 g/mol. The van der Waals surface area contributed by atoms with Crippen LogP contribution in [0.4, 0.5) is 0 Å². The molecule has 0 saturated carbocycles. The molecule has 0 fully saturated rings. The van der Waals surface area contributed by atoms with Gasteiger partial charge in [0.1, 0.15) is 0 Å². The number of aryl methyl sites for hydroxylation is 1. The second-order valence-corrected chi connectivity index (χ2v) is 9.73. The number of hydrogen-bond donors (Lipinski definition) is 1. The number of carbonyl (C=O) groups is 2. The highest BCUT2D eigenvalue weighted by atomic mass is 32.2. The fraction of sp³-hybridized carbons (Fsp3) is 0.321. The molecule has 35 heavy (non-hydrogen) atoms. The molecule has 0 spiro atoms. The number of amidine groups is 1. The van der Waals surface area contributed by atoms with Crippen LogP contribution in [-0.2, 0) is 20.7 Å². The van der Waals surface area contributed by atoms with E-state index in [0.717, 1.165) is 41.4 Å². The first-order chi connectivity index (χ1) is 17.1. The summed E-state index contributed by atoms with van der Waals surface area (Å²) in [6.45, 7) is 1.99. The molecule has 0 radical (unpaired) electrons. The minimum atomic E-state index is -0.393. The third-order valence-electron chi connectivity index (χ3n) is 6.79. The molecule has 5 rings (SSSR count). The van der Waals surface area contributed by atoms with Gasteiger partial charge in [0.2, 0.25) is 5.91 Å². The van der Waals surface area contributed by atoms with Crippen molar-refractivity contribution in [2.75, 3.05) is 7.11 Å². The molecule has 180 valence electrons. The third kappa shape index (κ3) is 4.52. The van der Waals surface area contributed by atoms with Crippen LogP contribution in [0.3, 0.4) is 0 Å². The lowest BCUT2D eigenvalue weighted by atomic mass is 9.87. The van der Waals surface area contributed by atoms with E-state index in [-0.39, 0.29) is 18.4 Å². The van der Waals surface area contributed by atoms with Crippen LogP contribution in [0.2, 0.25) is 0 Å². The van der Waals surface area contributed by atoms with Gasteiger partial charge in [-0.25, -0.2) is 9.79 Å². The minimum Gasteiger partial charge on any atom is -0.466 e. The zero-order chi connectivity index (χ0) is 24.4. The van der Waals surface area contributed by atoms with Crippen LogP contribution < -0.4 is 5.32 Å². The summed E-state index contributed by atoms with van der Waals surface area (Å²) < 4.78 is 5.17. The number of thioether (sulfide) groups is 1. The molecule has 1 aliphatic carbocycles. The van der Waals surface area contributed by atoms with Crippen molar-refractivity contribution < 1.29 is 14.3 Å². The Morgan fingerprint density at radius 3 is 2.69 bits per heavy atom. The molecule has 7 heteroatoms. The van der Waals surface area contributed by atoms with Crippen LogP contribution in [0, 0.1) is 0 Å². The lowest BCUT2D eigenvalue weighted by molar-refractivity contribution is -0.136. The van der Waals surface area contributed by atoms with Gasteiger partial charge in [-0.1, -0.05) is 73.3 Å². The number of allylic oxidation sites excluding steroid dienone is 1. The van der Waals surface area contributed by atoms with Crippen LogP contribution in [0.1, 0.15) is 61.4 Å². The van der Waals surface area contributed by atoms with Crippen molar-refractivity contribution in [3.63, 3.8) is 0 Å². The number of esters is 1. The molecule has 0 aromatic heterocycles. The molecule has 0 saturated heterocycles. The molecule has 0 bridgehead atoms. The van der Waals surface area contributed by atoms with Gasteiger partial charge in [0, 0.05) is 5.70 Å². The second-order valence-electron chi connectivity index (χ2n) is 8.90. The van der Waals surface area contributed by atoms with Crippen molar-refractivity contribution in [3.8, 4) is 0 Å². The van der Waals surface area contributed by atoms with Crippen molar-refractivity contribution in [2.45, 2.75) is 51.1 Å². The number of ether oxygens (including phenoxy) is 1. The summed E-state index contributed by atoms with van der Waals surface area (Å²) in [6.07, 6.45) is 3.88. The van der Waals surface area contributed by atoms with E-state index in [0.29, 0.717) is 12.0 Å². The number of benzene rings is 2. The van der Waals surface area contributed by atoms with Crippen molar-refractivity contribution >= 4 is 28.8 Å². The van der Waals surface area contributed by atoms with Gasteiger partial charge < -0.3 is 15.0 Å². The fourth-order valence-corrected chi connectivity index (χ4v) is 6.11. The second kappa shape index (κ2) is 10.1.